The van der Waals surface area contributed by atoms with E-state index in [2.05, 4.69) is 27.4 Å². The highest BCUT2D eigenvalue weighted by molar-refractivity contribution is 5.78. The third kappa shape index (κ3) is 2.73. The third-order valence-corrected chi connectivity index (χ3v) is 4.89. The van der Waals surface area contributed by atoms with Gasteiger partial charge in [0.1, 0.15) is 0 Å². The smallest absolute Gasteiger partial charge is 0.252 e. The van der Waals surface area contributed by atoms with Crippen LogP contribution in [0.5, 0.6) is 0 Å². The molecule has 1 aliphatic heterocycles. The molecule has 124 valence electrons. The summed E-state index contributed by atoms with van der Waals surface area (Å²) in [7, 11) is 0. The van der Waals surface area contributed by atoms with Crippen LogP contribution in [-0.2, 0) is 11.8 Å². The molecule has 1 saturated heterocycles. The van der Waals surface area contributed by atoms with Gasteiger partial charge in [-0.15, -0.1) is 0 Å². The van der Waals surface area contributed by atoms with Crippen molar-refractivity contribution in [3.63, 3.8) is 0 Å². The number of piperidine rings is 1. The SMILES string of the molecule is CC1(c2noc(Cc3cc4ccccc4[nH]c3=O)n2)CCNCC1. The Morgan fingerprint density at radius 1 is 1.25 bits per heavy atom. The molecule has 1 fully saturated rings. The van der Waals surface area contributed by atoms with E-state index in [1.54, 1.807) is 0 Å². The van der Waals surface area contributed by atoms with E-state index in [1.165, 1.54) is 0 Å². The first-order chi connectivity index (χ1) is 11.6. The van der Waals surface area contributed by atoms with Crippen molar-refractivity contribution in [2.45, 2.75) is 31.6 Å². The highest BCUT2D eigenvalue weighted by atomic mass is 16.5. The fraction of sp³-hybridized carbons (Fsp3) is 0.389. The number of aromatic amines is 1. The highest BCUT2D eigenvalue weighted by Gasteiger charge is 2.33. The fourth-order valence-corrected chi connectivity index (χ4v) is 3.26. The monoisotopic (exact) mass is 324 g/mol. The van der Waals surface area contributed by atoms with Crippen LogP contribution in [-0.4, -0.2) is 28.2 Å². The van der Waals surface area contributed by atoms with Gasteiger partial charge in [-0.3, -0.25) is 4.79 Å². The quantitative estimate of drug-likeness (QED) is 0.771. The maximum atomic E-state index is 12.3. The average molecular weight is 324 g/mol. The zero-order chi connectivity index (χ0) is 16.6. The van der Waals surface area contributed by atoms with Gasteiger partial charge in [-0.25, -0.2) is 0 Å². The molecule has 6 heteroatoms. The number of nitrogens with one attached hydrogen (secondary N) is 2. The van der Waals surface area contributed by atoms with E-state index in [1.807, 2.05) is 30.3 Å². The van der Waals surface area contributed by atoms with Crippen molar-refractivity contribution >= 4 is 10.9 Å². The minimum atomic E-state index is -0.110. The normalized spacial score (nSPS) is 17.2. The maximum absolute atomic E-state index is 12.3. The van der Waals surface area contributed by atoms with Crippen LogP contribution in [0.3, 0.4) is 0 Å². The standard InChI is InChI=1S/C18H20N4O2/c1-18(6-8-19-9-7-18)17-21-15(24-22-17)11-13-10-12-4-2-3-5-14(12)20-16(13)23/h2-5,10,19H,6-9,11H2,1H3,(H,20,23). The number of hydrogen-bond acceptors (Lipinski definition) is 5. The van der Waals surface area contributed by atoms with E-state index in [9.17, 15) is 4.79 Å². The summed E-state index contributed by atoms with van der Waals surface area (Å²) in [4.78, 5) is 19.7. The lowest BCUT2D eigenvalue weighted by Gasteiger charge is -2.30. The second kappa shape index (κ2) is 5.87. The number of aromatic nitrogens is 3. The summed E-state index contributed by atoms with van der Waals surface area (Å²) in [6.45, 7) is 4.10. The molecule has 6 nitrogen and oxygen atoms in total. The summed E-state index contributed by atoms with van der Waals surface area (Å²) >= 11 is 0. The highest BCUT2D eigenvalue weighted by Crippen LogP contribution is 2.30. The molecule has 0 amide bonds. The Morgan fingerprint density at radius 3 is 2.88 bits per heavy atom. The molecular weight excluding hydrogens is 304 g/mol. The minimum Gasteiger partial charge on any atom is -0.339 e. The molecule has 3 heterocycles. The van der Waals surface area contributed by atoms with Gasteiger partial charge in [-0.05, 0) is 43.5 Å². The topological polar surface area (TPSA) is 83.8 Å². The molecule has 0 atom stereocenters. The molecule has 1 aromatic carbocycles. The first-order valence-electron chi connectivity index (χ1n) is 8.29. The first-order valence-corrected chi connectivity index (χ1v) is 8.29. The lowest BCUT2D eigenvalue weighted by molar-refractivity contribution is 0.300. The molecule has 0 unspecified atom stereocenters. The van der Waals surface area contributed by atoms with Crippen molar-refractivity contribution in [3.05, 3.63) is 58.0 Å². The maximum Gasteiger partial charge on any atom is 0.252 e. The number of fused-ring (bicyclic) bond motifs is 1. The Balaban J connectivity index is 1.62. The summed E-state index contributed by atoms with van der Waals surface area (Å²) in [6, 6.07) is 9.62. The third-order valence-electron chi connectivity index (χ3n) is 4.89. The molecule has 4 rings (SSSR count). The number of benzene rings is 1. The van der Waals surface area contributed by atoms with E-state index < -0.39 is 0 Å². The van der Waals surface area contributed by atoms with Gasteiger partial charge in [-0.1, -0.05) is 30.3 Å². The van der Waals surface area contributed by atoms with Gasteiger partial charge in [0.15, 0.2) is 5.82 Å². The Kier molecular flexibility index (Phi) is 3.69. The van der Waals surface area contributed by atoms with Gasteiger partial charge in [-0.2, -0.15) is 4.98 Å². The lowest BCUT2D eigenvalue weighted by atomic mass is 9.80. The minimum absolute atomic E-state index is 0.0528. The number of para-hydroxylation sites is 1. The van der Waals surface area contributed by atoms with Crippen LogP contribution in [0.2, 0.25) is 0 Å². The van der Waals surface area contributed by atoms with Crippen LogP contribution >= 0.6 is 0 Å². The average Bonchev–Trinajstić information content (AvgIpc) is 3.06. The van der Waals surface area contributed by atoms with E-state index >= 15 is 0 Å². The van der Waals surface area contributed by atoms with E-state index in [4.69, 9.17) is 4.52 Å². The van der Waals surface area contributed by atoms with Gasteiger partial charge in [0.25, 0.3) is 5.56 Å². The van der Waals surface area contributed by atoms with Crippen molar-refractivity contribution in [2.24, 2.45) is 0 Å². The van der Waals surface area contributed by atoms with Gasteiger partial charge in [0.2, 0.25) is 5.89 Å². The second-order valence-corrected chi connectivity index (χ2v) is 6.71. The molecule has 0 bridgehead atoms. The number of rotatable bonds is 3. The molecule has 2 N–H and O–H groups in total. The van der Waals surface area contributed by atoms with Crippen molar-refractivity contribution in [1.82, 2.24) is 20.4 Å². The summed E-state index contributed by atoms with van der Waals surface area (Å²) in [6.07, 6.45) is 2.33. The molecule has 1 aliphatic rings. The van der Waals surface area contributed by atoms with Crippen molar-refractivity contribution in [3.8, 4) is 0 Å². The Hall–Kier alpha value is -2.47. The summed E-state index contributed by atoms with van der Waals surface area (Å²) < 4.78 is 5.42. The largest absolute Gasteiger partial charge is 0.339 e. The predicted octanol–water partition coefficient (Wildman–Crippen LogP) is 2.14. The summed E-state index contributed by atoms with van der Waals surface area (Å²) in [5, 5.41) is 8.52. The molecule has 0 saturated carbocycles. The van der Waals surface area contributed by atoms with E-state index in [0.29, 0.717) is 17.9 Å². The van der Waals surface area contributed by atoms with Crippen LogP contribution < -0.4 is 10.9 Å². The van der Waals surface area contributed by atoms with Gasteiger partial charge in [0.05, 0.1) is 6.42 Å². The zero-order valence-corrected chi connectivity index (χ0v) is 13.6. The lowest BCUT2D eigenvalue weighted by Crippen LogP contribution is -2.38. The van der Waals surface area contributed by atoms with E-state index in [-0.39, 0.29) is 11.0 Å². The van der Waals surface area contributed by atoms with Gasteiger partial charge < -0.3 is 14.8 Å². The van der Waals surface area contributed by atoms with Crippen LogP contribution in [0.25, 0.3) is 10.9 Å². The van der Waals surface area contributed by atoms with Crippen molar-refractivity contribution in [2.75, 3.05) is 13.1 Å². The molecule has 3 aromatic rings. The molecule has 0 aliphatic carbocycles. The van der Waals surface area contributed by atoms with Crippen LogP contribution in [0.15, 0.2) is 39.6 Å². The molecule has 2 aromatic heterocycles. The van der Waals surface area contributed by atoms with Crippen LogP contribution in [0.1, 0.15) is 37.0 Å². The summed E-state index contributed by atoms with van der Waals surface area (Å²) in [5.41, 5.74) is 1.31. The fourth-order valence-electron chi connectivity index (χ4n) is 3.26. The Bertz CT molecular complexity index is 922. The number of nitrogens with zero attached hydrogens (tertiary/aromatic N) is 2. The number of hydrogen-bond donors (Lipinski definition) is 2. The summed E-state index contributed by atoms with van der Waals surface area (Å²) in [5.74, 6) is 1.24. The van der Waals surface area contributed by atoms with E-state index in [0.717, 1.165) is 42.7 Å². The van der Waals surface area contributed by atoms with Crippen molar-refractivity contribution < 1.29 is 4.52 Å². The first kappa shape index (κ1) is 15.1. The number of H-pyrrole nitrogens is 1. The molecule has 0 spiro atoms. The number of pyridine rings is 1. The Labute approximate surface area is 139 Å². The molecule has 24 heavy (non-hydrogen) atoms. The van der Waals surface area contributed by atoms with Gasteiger partial charge in [0, 0.05) is 16.5 Å². The predicted molar refractivity (Wildman–Crippen MR) is 91.1 cm³/mol. The van der Waals surface area contributed by atoms with Crippen LogP contribution in [0.4, 0.5) is 0 Å². The second-order valence-electron chi connectivity index (χ2n) is 6.71. The molecular formula is C18H20N4O2. The molecule has 0 radical (unpaired) electrons. The van der Waals surface area contributed by atoms with Crippen LogP contribution in [0, 0.1) is 0 Å². The Morgan fingerprint density at radius 2 is 2.04 bits per heavy atom. The zero-order valence-electron chi connectivity index (χ0n) is 13.6. The van der Waals surface area contributed by atoms with Gasteiger partial charge >= 0.3 is 0 Å². The van der Waals surface area contributed by atoms with Crippen molar-refractivity contribution in [1.29, 1.82) is 0 Å².